The molecule has 154 valence electrons. The quantitative estimate of drug-likeness (QED) is 0.341. The molecule has 3 aromatic rings. The van der Waals surface area contributed by atoms with Crippen LogP contribution < -0.4 is 10.2 Å². The molecular weight excluding hydrogens is 393 g/mol. The summed E-state index contributed by atoms with van der Waals surface area (Å²) in [6.45, 7) is 2.46. The number of ether oxygens (including phenoxy) is 1. The number of nitrogens with one attached hydrogen (secondary N) is 1. The Morgan fingerprint density at radius 1 is 1.23 bits per heavy atom. The lowest BCUT2D eigenvalue weighted by Crippen LogP contribution is -2.19. The van der Waals surface area contributed by atoms with Crippen LogP contribution >= 0.6 is 0 Å². The molecule has 8 nitrogen and oxygen atoms in total. The maximum Gasteiger partial charge on any atom is 0.283 e. The second kappa shape index (κ2) is 9.46. The largest absolute Gasteiger partial charge is 0.494 e. The van der Waals surface area contributed by atoms with E-state index in [-0.39, 0.29) is 29.4 Å². The van der Waals surface area contributed by atoms with Crippen molar-refractivity contribution in [2.75, 3.05) is 6.61 Å². The highest BCUT2D eigenvalue weighted by Gasteiger charge is 2.19. The molecule has 1 aromatic heterocycles. The number of amides is 1. The zero-order chi connectivity index (χ0) is 21.5. The van der Waals surface area contributed by atoms with E-state index in [1.54, 1.807) is 24.3 Å². The van der Waals surface area contributed by atoms with Crippen molar-refractivity contribution in [3.05, 3.63) is 81.9 Å². The van der Waals surface area contributed by atoms with E-state index < -0.39 is 16.4 Å². The number of furan rings is 1. The molecule has 0 aliphatic carbocycles. The summed E-state index contributed by atoms with van der Waals surface area (Å²) >= 11 is 0. The van der Waals surface area contributed by atoms with Crippen LogP contribution in [0.2, 0.25) is 0 Å². The number of nitro groups is 1. The fourth-order valence-electron chi connectivity index (χ4n) is 2.69. The van der Waals surface area contributed by atoms with Crippen molar-refractivity contribution in [2.45, 2.75) is 13.3 Å². The number of benzene rings is 2. The highest BCUT2D eigenvalue weighted by atomic mass is 19.1. The summed E-state index contributed by atoms with van der Waals surface area (Å²) in [7, 11) is 0. The van der Waals surface area contributed by atoms with Gasteiger partial charge >= 0.3 is 0 Å². The van der Waals surface area contributed by atoms with Crippen molar-refractivity contribution >= 4 is 17.8 Å². The molecule has 0 bridgehead atoms. The summed E-state index contributed by atoms with van der Waals surface area (Å²) in [4.78, 5) is 22.4. The fourth-order valence-corrected chi connectivity index (χ4v) is 2.69. The van der Waals surface area contributed by atoms with Gasteiger partial charge in [-0.25, -0.2) is 9.82 Å². The fraction of sp³-hybridized carbons (Fsp3) is 0.143. The number of hydrazone groups is 1. The third-order valence-corrected chi connectivity index (χ3v) is 4.03. The topological polar surface area (TPSA) is 107 Å². The van der Waals surface area contributed by atoms with Crippen molar-refractivity contribution in [1.82, 2.24) is 5.43 Å². The number of nitro benzene ring substituents is 1. The lowest BCUT2D eigenvalue weighted by atomic mass is 10.1. The minimum absolute atomic E-state index is 0.134. The van der Waals surface area contributed by atoms with E-state index in [4.69, 9.17) is 9.15 Å². The Balaban J connectivity index is 1.61. The molecule has 3 rings (SSSR count). The number of rotatable bonds is 8. The molecule has 0 aliphatic rings. The smallest absolute Gasteiger partial charge is 0.283 e. The SMILES string of the molecule is CCOc1ccc(CC(=O)N/N=C\c2ccc(-c3ccc(F)cc3[N+](=O)[O-])o2)cc1. The first kappa shape index (κ1) is 20.7. The van der Waals surface area contributed by atoms with Gasteiger partial charge in [0.2, 0.25) is 5.91 Å². The van der Waals surface area contributed by atoms with Gasteiger partial charge < -0.3 is 9.15 Å². The average molecular weight is 411 g/mol. The van der Waals surface area contributed by atoms with E-state index in [2.05, 4.69) is 10.5 Å². The van der Waals surface area contributed by atoms with Crippen LogP contribution in [0.25, 0.3) is 11.3 Å². The number of nitrogens with zero attached hydrogens (tertiary/aromatic N) is 2. The highest BCUT2D eigenvalue weighted by molar-refractivity contribution is 5.82. The van der Waals surface area contributed by atoms with Gasteiger partial charge in [0.25, 0.3) is 5.69 Å². The summed E-state index contributed by atoms with van der Waals surface area (Å²) < 4.78 is 24.1. The number of hydrogen-bond acceptors (Lipinski definition) is 6. The first-order valence-electron chi connectivity index (χ1n) is 9.04. The summed E-state index contributed by atoms with van der Waals surface area (Å²) in [6, 6.07) is 13.4. The lowest BCUT2D eigenvalue weighted by Gasteiger charge is -2.04. The molecule has 2 aromatic carbocycles. The van der Waals surface area contributed by atoms with Gasteiger partial charge in [-0.1, -0.05) is 12.1 Å². The number of hydrogen-bond donors (Lipinski definition) is 1. The normalized spacial score (nSPS) is 10.9. The van der Waals surface area contributed by atoms with Crippen LogP contribution in [0.5, 0.6) is 5.75 Å². The predicted molar refractivity (Wildman–Crippen MR) is 108 cm³/mol. The summed E-state index contributed by atoms with van der Waals surface area (Å²) in [5, 5.41) is 14.9. The van der Waals surface area contributed by atoms with E-state index in [1.165, 1.54) is 24.4 Å². The molecule has 0 spiro atoms. The van der Waals surface area contributed by atoms with E-state index in [1.807, 2.05) is 6.92 Å². The van der Waals surface area contributed by atoms with Gasteiger partial charge in [-0.2, -0.15) is 5.10 Å². The summed E-state index contributed by atoms with van der Waals surface area (Å²) in [5.41, 5.74) is 2.92. The molecule has 0 saturated carbocycles. The maximum atomic E-state index is 13.3. The van der Waals surface area contributed by atoms with Crippen LogP contribution in [0, 0.1) is 15.9 Å². The van der Waals surface area contributed by atoms with Gasteiger partial charge in [0, 0.05) is 0 Å². The molecule has 1 N–H and O–H groups in total. The van der Waals surface area contributed by atoms with E-state index in [0.29, 0.717) is 6.61 Å². The standard InChI is InChI=1S/C21H18FN3O5/c1-2-29-16-6-3-14(4-7-16)11-21(26)24-23-13-17-8-10-20(30-17)18-9-5-15(22)12-19(18)25(27)28/h3-10,12-13H,2,11H2,1H3,(H,24,26)/b23-13-. The van der Waals surface area contributed by atoms with Crippen molar-refractivity contribution in [3.63, 3.8) is 0 Å². The molecule has 0 aliphatic heterocycles. The monoisotopic (exact) mass is 411 g/mol. The Hall–Kier alpha value is -4.01. The van der Waals surface area contributed by atoms with E-state index in [9.17, 15) is 19.3 Å². The predicted octanol–water partition coefficient (Wildman–Crippen LogP) is 4.09. The molecule has 1 amide bonds. The Morgan fingerprint density at radius 2 is 2.00 bits per heavy atom. The van der Waals surface area contributed by atoms with Crippen LogP contribution in [0.15, 0.2) is 64.1 Å². The van der Waals surface area contributed by atoms with Crippen molar-refractivity contribution in [3.8, 4) is 17.1 Å². The number of halogens is 1. The summed E-state index contributed by atoms with van der Waals surface area (Å²) in [5.74, 6) is 0.147. The van der Waals surface area contributed by atoms with Crippen molar-refractivity contribution in [1.29, 1.82) is 0 Å². The minimum atomic E-state index is -0.714. The molecule has 9 heteroatoms. The van der Waals surface area contributed by atoms with E-state index >= 15 is 0 Å². The number of carbonyl (C=O) groups is 1. The minimum Gasteiger partial charge on any atom is -0.494 e. The Labute approximate surface area is 171 Å². The molecule has 30 heavy (non-hydrogen) atoms. The first-order chi connectivity index (χ1) is 14.5. The lowest BCUT2D eigenvalue weighted by molar-refractivity contribution is -0.384. The van der Waals surface area contributed by atoms with Gasteiger partial charge in [-0.3, -0.25) is 14.9 Å². The van der Waals surface area contributed by atoms with Gasteiger partial charge in [-0.05, 0) is 48.9 Å². The molecule has 0 atom stereocenters. The van der Waals surface area contributed by atoms with Crippen molar-refractivity contribution in [2.24, 2.45) is 5.10 Å². The van der Waals surface area contributed by atoms with Crippen LogP contribution in [-0.4, -0.2) is 23.7 Å². The van der Waals surface area contributed by atoms with Gasteiger partial charge in [-0.15, -0.1) is 0 Å². The Kier molecular flexibility index (Phi) is 6.53. The van der Waals surface area contributed by atoms with Crippen molar-refractivity contribution < 1.29 is 23.3 Å². The van der Waals surface area contributed by atoms with E-state index in [0.717, 1.165) is 23.4 Å². The third kappa shape index (κ3) is 5.28. The third-order valence-electron chi connectivity index (χ3n) is 4.03. The molecular formula is C21H18FN3O5. The van der Waals surface area contributed by atoms with Crippen LogP contribution in [0.4, 0.5) is 10.1 Å². The first-order valence-corrected chi connectivity index (χ1v) is 9.04. The molecule has 0 saturated heterocycles. The Morgan fingerprint density at radius 3 is 2.70 bits per heavy atom. The zero-order valence-electron chi connectivity index (χ0n) is 16.0. The van der Waals surface area contributed by atoms with Gasteiger partial charge in [0.1, 0.15) is 23.1 Å². The Bertz CT molecular complexity index is 1080. The molecule has 0 unspecified atom stereocenters. The van der Waals surface area contributed by atoms with Gasteiger partial charge in [0.05, 0.1) is 35.8 Å². The second-order valence-corrected chi connectivity index (χ2v) is 6.17. The molecule has 1 heterocycles. The molecule has 0 fully saturated rings. The van der Waals surface area contributed by atoms with Gasteiger partial charge in [0.15, 0.2) is 0 Å². The summed E-state index contributed by atoms with van der Waals surface area (Å²) in [6.07, 6.45) is 1.41. The zero-order valence-corrected chi connectivity index (χ0v) is 16.0. The molecule has 0 radical (unpaired) electrons. The number of carbonyl (C=O) groups excluding carboxylic acids is 1. The average Bonchev–Trinajstić information content (AvgIpc) is 3.18. The van der Waals surface area contributed by atoms with Crippen LogP contribution in [0.3, 0.4) is 0 Å². The second-order valence-electron chi connectivity index (χ2n) is 6.17. The maximum absolute atomic E-state index is 13.3. The van der Waals surface area contributed by atoms with Crippen LogP contribution in [-0.2, 0) is 11.2 Å². The highest BCUT2D eigenvalue weighted by Crippen LogP contribution is 2.31. The van der Waals surface area contributed by atoms with Crippen LogP contribution in [0.1, 0.15) is 18.2 Å².